The van der Waals surface area contributed by atoms with Crippen molar-refractivity contribution in [2.45, 2.75) is 36.2 Å². The van der Waals surface area contributed by atoms with E-state index in [0.717, 1.165) is 57.1 Å². The van der Waals surface area contributed by atoms with Crippen LogP contribution in [0.4, 0.5) is 5.69 Å². The molecule has 0 saturated carbocycles. The number of piperidine rings is 1. The zero-order chi connectivity index (χ0) is 27.0. The topological polar surface area (TPSA) is 152 Å². The van der Waals surface area contributed by atoms with Crippen LogP contribution < -0.4 is 26.2 Å². The summed E-state index contributed by atoms with van der Waals surface area (Å²) in [5.41, 5.74) is 1.41. The van der Waals surface area contributed by atoms with E-state index in [2.05, 4.69) is 31.2 Å². The van der Waals surface area contributed by atoms with E-state index >= 15 is 0 Å². The second-order valence-corrected chi connectivity index (χ2v) is 11.3. The number of benzene rings is 2. The molecule has 1 fully saturated rings. The van der Waals surface area contributed by atoms with Gasteiger partial charge in [0.15, 0.2) is 15.8 Å². The summed E-state index contributed by atoms with van der Waals surface area (Å²) in [5.74, 6) is -1.36. The number of anilines is 1. The third-order valence-corrected chi connectivity index (χ3v) is 8.15. The van der Waals surface area contributed by atoms with Crippen LogP contribution in [0.2, 0.25) is 0 Å². The number of hydrogen-bond donors (Lipinski definition) is 5. The van der Waals surface area contributed by atoms with Gasteiger partial charge in [-0.3, -0.25) is 19.9 Å². The number of carboxylic acid groups (broad SMARTS) is 1. The third-order valence-electron chi connectivity index (χ3n) is 6.61. The van der Waals surface area contributed by atoms with E-state index in [1.165, 1.54) is 12.1 Å². The Morgan fingerprint density at radius 3 is 2.42 bits per heavy atom. The molecule has 1 amide bonds. The molecule has 2 aliphatic heterocycles. The number of carboxylic acids is 1. The number of amides is 1. The number of aliphatic carboxylic acids is 1. The van der Waals surface area contributed by atoms with Gasteiger partial charge in [-0.05, 0) is 55.7 Å². The minimum absolute atomic E-state index is 0.0943. The molecule has 1 unspecified atom stereocenters. The average molecular weight is 543 g/mol. The number of sulfone groups is 1. The monoisotopic (exact) mass is 542 g/mol. The molecule has 11 nitrogen and oxygen atoms in total. The van der Waals surface area contributed by atoms with E-state index in [0.29, 0.717) is 11.6 Å². The Labute approximate surface area is 222 Å². The lowest BCUT2D eigenvalue weighted by Crippen LogP contribution is -2.50. The van der Waals surface area contributed by atoms with Crippen molar-refractivity contribution < 1.29 is 23.1 Å². The van der Waals surface area contributed by atoms with E-state index < -0.39 is 33.6 Å². The molecule has 1 atom stereocenters. The highest BCUT2D eigenvalue weighted by atomic mass is 32.2. The Kier molecular flexibility index (Phi) is 9.19. The summed E-state index contributed by atoms with van der Waals surface area (Å²) in [6.45, 7) is 3.32. The van der Waals surface area contributed by atoms with Crippen LogP contribution in [0.5, 0.6) is 0 Å². The fourth-order valence-corrected chi connectivity index (χ4v) is 5.55. The molecule has 1 saturated heterocycles. The first-order valence-corrected chi connectivity index (χ1v) is 14.4. The van der Waals surface area contributed by atoms with E-state index in [-0.39, 0.29) is 11.4 Å². The summed E-state index contributed by atoms with van der Waals surface area (Å²) < 4.78 is 24.9. The fraction of sp³-hybridized carbons (Fsp3) is 0.423. The molecule has 38 heavy (non-hydrogen) atoms. The molecule has 204 valence electrons. The predicted octanol–water partition coefficient (Wildman–Crippen LogP) is 0.798. The predicted molar refractivity (Wildman–Crippen MR) is 145 cm³/mol. The van der Waals surface area contributed by atoms with Gasteiger partial charge in [-0.25, -0.2) is 8.42 Å². The lowest BCUT2D eigenvalue weighted by molar-refractivity contribution is -0.139. The molecule has 5 N–H and O–H groups in total. The molecule has 0 radical (unpaired) electrons. The van der Waals surface area contributed by atoms with Gasteiger partial charge in [-0.15, -0.1) is 0 Å². The molecule has 0 spiro atoms. The summed E-state index contributed by atoms with van der Waals surface area (Å²) >= 11 is 0. The van der Waals surface area contributed by atoms with Crippen LogP contribution in [0.25, 0.3) is 0 Å². The molecule has 4 rings (SSSR count). The molecule has 2 aliphatic rings. The normalized spacial score (nSPS) is 17.2. The van der Waals surface area contributed by atoms with Gasteiger partial charge in [0.05, 0.1) is 4.90 Å². The molecule has 0 aromatic heterocycles. The van der Waals surface area contributed by atoms with Crippen molar-refractivity contribution in [1.82, 2.24) is 21.3 Å². The smallest absolute Gasteiger partial charge is 0.322 e. The van der Waals surface area contributed by atoms with Crippen LogP contribution >= 0.6 is 0 Å². The minimum atomic E-state index is -3.71. The molecule has 0 bridgehead atoms. The van der Waals surface area contributed by atoms with Crippen molar-refractivity contribution in [2.75, 3.05) is 43.5 Å². The van der Waals surface area contributed by atoms with E-state index in [4.69, 9.17) is 0 Å². The number of hydrogen-bond acceptors (Lipinski definition) is 9. The number of rotatable bonds is 10. The van der Waals surface area contributed by atoms with Gasteiger partial charge in [-0.2, -0.15) is 0 Å². The fourth-order valence-electron chi connectivity index (χ4n) is 4.39. The Morgan fingerprint density at radius 1 is 1.08 bits per heavy atom. The van der Waals surface area contributed by atoms with Gasteiger partial charge < -0.3 is 26.0 Å². The maximum Gasteiger partial charge on any atom is 0.322 e. The van der Waals surface area contributed by atoms with Crippen LogP contribution in [-0.2, 0) is 14.6 Å². The van der Waals surface area contributed by atoms with Crippen molar-refractivity contribution in [3.63, 3.8) is 0 Å². The maximum atomic E-state index is 12.6. The highest BCUT2D eigenvalue weighted by molar-refractivity contribution is 7.91. The van der Waals surface area contributed by atoms with Crippen LogP contribution in [-0.4, -0.2) is 82.0 Å². The van der Waals surface area contributed by atoms with E-state index in [1.807, 2.05) is 12.1 Å². The molecule has 2 heterocycles. The van der Waals surface area contributed by atoms with Crippen molar-refractivity contribution in [3.8, 4) is 0 Å². The van der Waals surface area contributed by atoms with Crippen molar-refractivity contribution in [1.29, 1.82) is 0 Å². The summed E-state index contributed by atoms with van der Waals surface area (Å²) in [6.07, 6.45) is 3.02. The molecule has 2 aromatic rings. The summed E-state index contributed by atoms with van der Waals surface area (Å²) in [6, 6.07) is 14.1. The number of carbonyl (C=O) groups is 2. The van der Waals surface area contributed by atoms with Crippen molar-refractivity contribution in [3.05, 3.63) is 60.2 Å². The third kappa shape index (κ3) is 7.45. The second-order valence-electron chi connectivity index (χ2n) is 9.34. The second kappa shape index (κ2) is 12.7. The Bertz CT molecular complexity index is 1230. The summed E-state index contributed by atoms with van der Waals surface area (Å²) in [7, 11) is -3.71. The first kappa shape index (κ1) is 27.4. The molecule has 0 aliphatic carbocycles. The zero-order valence-corrected chi connectivity index (χ0v) is 21.9. The van der Waals surface area contributed by atoms with Gasteiger partial charge in [0, 0.05) is 50.0 Å². The lowest BCUT2D eigenvalue weighted by atomic mass is 10.0. The van der Waals surface area contributed by atoms with E-state index in [1.54, 1.807) is 30.3 Å². The van der Waals surface area contributed by atoms with Crippen molar-refractivity contribution in [2.24, 2.45) is 4.99 Å². The molecule has 2 aromatic carbocycles. The van der Waals surface area contributed by atoms with Crippen LogP contribution in [0.15, 0.2) is 64.5 Å². The first-order valence-electron chi connectivity index (χ1n) is 12.7. The molecular formula is C26H34N6O5S. The standard InChI is InChI=1S/C26H34N6O5S/c33-24(29-17-23(25(34)35)30-18-38(36,37)22-5-2-1-3-6-22)19-7-9-21(10-8-19)32-15-11-20(12-16-32)31-26-27-13-4-14-28-26/h1-3,5-10,20,23,30H,4,11-18H2,(H,29,33)(H,34,35)(H2,27,28,31). The zero-order valence-electron chi connectivity index (χ0n) is 21.1. The van der Waals surface area contributed by atoms with Crippen LogP contribution in [0.3, 0.4) is 0 Å². The minimum Gasteiger partial charge on any atom is -0.480 e. The number of aliphatic imine (C=N–C) groups is 1. The number of nitrogens with zero attached hydrogens (tertiary/aromatic N) is 2. The highest BCUT2D eigenvalue weighted by Gasteiger charge is 2.23. The number of nitrogens with one attached hydrogen (secondary N) is 4. The quantitative estimate of drug-likeness (QED) is 0.293. The largest absolute Gasteiger partial charge is 0.480 e. The van der Waals surface area contributed by atoms with E-state index in [9.17, 15) is 23.1 Å². The van der Waals surface area contributed by atoms with Gasteiger partial charge >= 0.3 is 5.97 Å². The van der Waals surface area contributed by atoms with Crippen molar-refractivity contribution >= 4 is 33.4 Å². The molecular weight excluding hydrogens is 508 g/mol. The Morgan fingerprint density at radius 2 is 1.79 bits per heavy atom. The summed E-state index contributed by atoms with van der Waals surface area (Å²) in [4.78, 5) is 31.1. The van der Waals surface area contributed by atoms with Gasteiger partial charge in [0.25, 0.3) is 5.91 Å². The lowest BCUT2D eigenvalue weighted by Gasteiger charge is -2.35. The van der Waals surface area contributed by atoms with Crippen LogP contribution in [0.1, 0.15) is 29.6 Å². The Balaban J connectivity index is 1.24. The van der Waals surface area contributed by atoms with Gasteiger partial charge in [-0.1, -0.05) is 18.2 Å². The van der Waals surface area contributed by atoms with Crippen LogP contribution in [0, 0.1) is 0 Å². The van der Waals surface area contributed by atoms with Gasteiger partial charge in [0.1, 0.15) is 11.9 Å². The average Bonchev–Trinajstić information content (AvgIpc) is 2.94. The highest BCUT2D eigenvalue weighted by Crippen LogP contribution is 2.21. The number of guanidine groups is 1. The molecule has 12 heteroatoms. The SMILES string of the molecule is O=C(NCC(NCS(=O)(=O)c1ccccc1)C(=O)O)c1ccc(N2CCC(NC3=NCCCN3)CC2)cc1. The van der Waals surface area contributed by atoms with Gasteiger partial charge in [0.2, 0.25) is 0 Å². The number of carbonyl (C=O) groups excluding carboxylic acids is 1. The Hall–Kier alpha value is -3.64. The summed E-state index contributed by atoms with van der Waals surface area (Å²) in [5, 5.41) is 21.4. The first-order chi connectivity index (χ1) is 18.3. The maximum absolute atomic E-state index is 12.6.